The van der Waals surface area contributed by atoms with Crippen LogP contribution in [0.1, 0.15) is 30.9 Å². The van der Waals surface area contributed by atoms with E-state index in [1.807, 2.05) is 12.1 Å². The molecule has 14 heavy (non-hydrogen) atoms. The Labute approximate surface area is 94.4 Å². The lowest BCUT2D eigenvalue weighted by atomic mass is 9.98. The average Bonchev–Trinajstić information content (AvgIpc) is 2.18. The van der Waals surface area contributed by atoms with E-state index in [0.717, 1.165) is 16.6 Å². The van der Waals surface area contributed by atoms with Gasteiger partial charge in [-0.2, -0.15) is 0 Å². The van der Waals surface area contributed by atoms with Crippen LogP contribution in [0.25, 0.3) is 0 Å². The summed E-state index contributed by atoms with van der Waals surface area (Å²) in [5.74, 6) is 0. The van der Waals surface area contributed by atoms with Crippen molar-refractivity contribution in [3.8, 4) is 0 Å². The van der Waals surface area contributed by atoms with Crippen LogP contribution in [0.3, 0.4) is 0 Å². The van der Waals surface area contributed by atoms with Crippen molar-refractivity contribution in [2.45, 2.75) is 25.3 Å². The lowest BCUT2D eigenvalue weighted by molar-refractivity contribution is 0.412. The van der Waals surface area contributed by atoms with Crippen LogP contribution in [-0.4, -0.2) is 6.54 Å². The van der Waals surface area contributed by atoms with Crippen molar-refractivity contribution >= 4 is 23.2 Å². The summed E-state index contributed by atoms with van der Waals surface area (Å²) >= 11 is 11.9. The molecule has 0 aliphatic carbocycles. The van der Waals surface area contributed by atoms with Crippen LogP contribution in [0.2, 0.25) is 10.0 Å². The third kappa shape index (κ3) is 2.41. The molecule has 1 nitrogen and oxygen atoms in total. The van der Waals surface area contributed by atoms with Gasteiger partial charge in [-0.3, -0.25) is 0 Å². The van der Waals surface area contributed by atoms with Crippen LogP contribution in [0.5, 0.6) is 0 Å². The van der Waals surface area contributed by atoms with Gasteiger partial charge in [0.15, 0.2) is 0 Å². The summed E-state index contributed by atoms with van der Waals surface area (Å²) in [6, 6.07) is 6.20. The summed E-state index contributed by atoms with van der Waals surface area (Å²) in [6.45, 7) is 1.09. The third-order valence-electron chi connectivity index (χ3n) is 2.60. The van der Waals surface area contributed by atoms with Gasteiger partial charge in [0, 0.05) is 16.1 Å². The first-order valence-electron chi connectivity index (χ1n) is 4.95. The highest BCUT2D eigenvalue weighted by molar-refractivity contribution is 6.34. The highest BCUT2D eigenvalue weighted by Crippen LogP contribution is 2.27. The molecule has 0 bridgehead atoms. The monoisotopic (exact) mass is 229 g/mol. The molecule has 1 aromatic carbocycles. The van der Waals surface area contributed by atoms with Crippen molar-refractivity contribution in [1.82, 2.24) is 5.32 Å². The number of hydrogen-bond acceptors (Lipinski definition) is 1. The summed E-state index contributed by atoms with van der Waals surface area (Å²) in [5.41, 5.74) is 1.21. The molecule has 1 aliphatic heterocycles. The van der Waals surface area contributed by atoms with Gasteiger partial charge in [0.25, 0.3) is 0 Å². The fourth-order valence-corrected chi connectivity index (χ4v) is 2.46. The third-order valence-corrected chi connectivity index (χ3v) is 3.03. The number of hydrogen-bond donors (Lipinski definition) is 1. The van der Waals surface area contributed by atoms with Crippen LogP contribution in [0.15, 0.2) is 18.2 Å². The molecular weight excluding hydrogens is 217 g/mol. The molecule has 1 N–H and O–H groups in total. The van der Waals surface area contributed by atoms with Crippen molar-refractivity contribution < 1.29 is 0 Å². The van der Waals surface area contributed by atoms with Crippen molar-refractivity contribution in [3.63, 3.8) is 0 Å². The maximum Gasteiger partial charge on any atom is 0.0424 e. The molecule has 1 fully saturated rings. The van der Waals surface area contributed by atoms with Gasteiger partial charge in [-0.25, -0.2) is 0 Å². The van der Waals surface area contributed by atoms with Crippen molar-refractivity contribution in [2.24, 2.45) is 0 Å². The van der Waals surface area contributed by atoms with Gasteiger partial charge in [0.2, 0.25) is 0 Å². The molecule has 1 heterocycles. The fraction of sp³-hybridized carbons (Fsp3) is 0.455. The van der Waals surface area contributed by atoms with E-state index in [2.05, 4.69) is 5.32 Å². The van der Waals surface area contributed by atoms with Crippen molar-refractivity contribution in [2.75, 3.05) is 6.54 Å². The Morgan fingerprint density at radius 2 is 1.79 bits per heavy atom. The van der Waals surface area contributed by atoms with Crippen LogP contribution in [0.4, 0.5) is 0 Å². The molecule has 0 saturated carbocycles. The average molecular weight is 230 g/mol. The van der Waals surface area contributed by atoms with Gasteiger partial charge >= 0.3 is 0 Å². The SMILES string of the molecule is Clc1cc(Cl)cc([C@@H]2CCCCN2)c1. The smallest absolute Gasteiger partial charge is 0.0424 e. The molecule has 0 unspecified atom stereocenters. The number of halogens is 2. The highest BCUT2D eigenvalue weighted by atomic mass is 35.5. The van der Waals surface area contributed by atoms with Gasteiger partial charge < -0.3 is 5.32 Å². The van der Waals surface area contributed by atoms with E-state index in [9.17, 15) is 0 Å². The summed E-state index contributed by atoms with van der Waals surface area (Å²) in [7, 11) is 0. The van der Waals surface area contributed by atoms with Crippen LogP contribution >= 0.6 is 23.2 Å². The fourth-order valence-electron chi connectivity index (χ4n) is 1.91. The summed E-state index contributed by atoms with van der Waals surface area (Å²) in [6.07, 6.45) is 3.73. The Morgan fingerprint density at radius 1 is 1.07 bits per heavy atom. The first-order valence-corrected chi connectivity index (χ1v) is 5.71. The van der Waals surface area contributed by atoms with Crippen LogP contribution in [0, 0.1) is 0 Å². The Hall–Kier alpha value is -0.240. The second-order valence-electron chi connectivity index (χ2n) is 3.71. The van der Waals surface area contributed by atoms with E-state index in [0.29, 0.717) is 6.04 Å². The molecule has 3 heteroatoms. The number of benzene rings is 1. The highest BCUT2D eigenvalue weighted by Gasteiger charge is 2.15. The van der Waals surface area contributed by atoms with Crippen molar-refractivity contribution in [3.05, 3.63) is 33.8 Å². The lowest BCUT2D eigenvalue weighted by Gasteiger charge is -2.24. The Morgan fingerprint density at radius 3 is 2.36 bits per heavy atom. The summed E-state index contributed by atoms with van der Waals surface area (Å²) < 4.78 is 0. The molecule has 0 radical (unpaired) electrons. The minimum absolute atomic E-state index is 0.431. The molecular formula is C11H13Cl2N. The topological polar surface area (TPSA) is 12.0 Å². The molecule has 1 aromatic rings. The second kappa shape index (κ2) is 4.52. The summed E-state index contributed by atoms with van der Waals surface area (Å²) in [5, 5.41) is 4.92. The summed E-state index contributed by atoms with van der Waals surface area (Å²) in [4.78, 5) is 0. The van der Waals surface area contributed by atoms with E-state index in [1.54, 1.807) is 6.07 Å². The van der Waals surface area contributed by atoms with Gasteiger partial charge in [-0.1, -0.05) is 29.6 Å². The van der Waals surface area contributed by atoms with E-state index in [4.69, 9.17) is 23.2 Å². The van der Waals surface area contributed by atoms with E-state index in [1.165, 1.54) is 24.8 Å². The molecule has 76 valence electrons. The zero-order chi connectivity index (χ0) is 9.97. The minimum Gasteiger partial charge on any atom is -0.310 e. The van der Waals surface area contributed by atoms with Crippen LogP contribution in [-0.2, 0) is 0 Å². The Kier molecular flexibility index (Phi) is 3.32. The minimum atomic E-state index is 0.431. The number of rotatable bonds is 1. The number of piperidine rings is 1. The standard InChI is InChI=1S/C11H13Cl2N/c12-9-5-8(6-10(13)7-9)11-3-1-2-4-14-11/h5-7,11,14H,1-4H2/t11-/m0/s1. The van der Waals surface area contributed by atoms with Gasteiger partial charge in [-0.05, 0) is 43.1 Å². The quantitative estimate of drug-likeness (QED) is 0.773. The van der Waals surface area contributed by atoms with Crippen LogP contribution < -0.4 is 5.32 Å². The molecule has 0 amide bonds. The van der Waals surface area contributed by atoms with E-state index < -0.39 is 0 Å². The molecule has 1 saturated heterocycles. The van der Waals surface area contributed by atoms with Gasteiger partial charge in [0.1, 0.15) is 0 Å². The largest absolute Gasteiger partial charge is 0.310 e. The maximum absolute atomic E-state index is 5.96. The van der Waals surface area contributed by atoms with Gasteiger partial charge in [0.05, 0.1) is 0 Å². The maximum atomic E-state index is 5.96. The lowest BCUT2D eigenvalue weighted by Crippen LogP contribution is -2.26. The predicted octanol–water partition coefficient (Wildman–Crippen LogP) is 3.81. The molecule has 0 spiro atoms. The zero-order valence-corrected chi connectivity index (χ0v) is 9.41. The Bertz CT molecular complexity index is 299. The first-order chi connectivity index (χ1) is 6.75. The second-order valence-corrected chi connectivity index (χ2v) is 4.58. The molecule has 0 aromatic heterocycles. The van der Waals surface area contributed by atoms with E-state index in [-0.39, 0.29) is 0 Å². The molecule has 2 rings (SSSR count). The van der Waals surface area contributed by atoms with E-state index >= 15 is 0 Å². The van der Waals surface area contributed by atoms with Crippen molar-refractivity contribution in [1.29, 1.82) is 0 Å². The Balaban J connectivity index is 2.21. The molecule has 1 aliphatic rings. The zero-order valence-electron chi connectivity index (χ0n) is 7.89. The molecule has 1 atom stereocenters. The normalized spacial score (nSPS) is 22.3. The van der Waals surface area contributed by atoms with Gasteiger partial charge in [-0.15, -0.1) is 0 Å². The first kappa shape index (κ1) is 10.3. The predicted molar refractivity (Wildman–Crippen MR) is 61.1 cm³/mol. The number of nitrogens with one attached hydrogen (secondary N) is 1.